The Balaban J connectivity index is 1.93. The van der Waals surface area contributed by atoms with E-state index in [1.807, 2.05) is 0 Å². The molecule has 2 heterocycles. The Bertz CT molecular complexity index is 794. The van der Waals surface area contributed by atoms with Crippen molar-refractivity contribution in [2.75, 3.05) is 0 Å². The molecule has 6 nitrogen and oxygen atoms in total. The first-order chi connectivity index (χ1) is 9.17. The van der Waals surface area contributed by atoms with Gasteiger partial charge in [0.2, 0.25) is 10.0 Å². The van der Waals surface area contributed by atoms with E-state index in [0.717, 1.165) is 11.7 Å². The summed E-state index contributed by atoms with van der Waals surface area (Å²) in [4.78, 5) is 0.130. The van der Waals surface area contributed by atoms with E-state index in [4.69, 9.17) is 4.42 Å². The summed E-state index contributed by atoms with van der Waals surface area (Å²) in [6.45, 7) is 0.100. The Labute approximate surface area is 113 Å². The van der Waals surface area contributed by atoms with Crippen LogP contribution in [0.3, 0.4) is 0 Å². The Morgan fingerprint density at radius 3 is 2.89 bits per heavy atom. The molecule has 0 bridgehead atoms. The van der Waals surface area contributed by atoms with E-state index in [1.54, 1.807) is 24.3 Å². The van der Waals surface area contributed by atoms with Crippen molar-refractivity contribution < 1.29 is 12.8 Å². The lowest BCUT2D eigenvalue weighted by Crippen LogP contribution is -2.23. The Morgan fingerprint density at radius 2 is 2.11 bits per heavy atom. The minimum Gasteiger partial charge on any atom is -0.468 e. The fourth-order valence-electron chi connectivity index (χ4n) is 1.66. The molecular formula is C11H9N3O3S2. The highest BCUT2D eigenvalue weighted by Crippen LogP contribution is 2.21. The summed E-state index contributed by atoms with van der Waals surface area (Å²) in [7, 11) is -3.64. The van der Waals surface area contributed by atoms with Gasteiger partial charge in [0.1, 0.15) is 21.7 Å². The van der Waals surface area contributed by atoms with Crippen LogP contribution in [0.2, 0.25) is 0 Å². The van der Waals surface area contributed by atoms with E-state index < -0.39 is 10.0 Å². The highest BCUT2D eigenvalue weighted by molar-refractivity contribution is 7.89. The lowest BCUT2D eigenvalue weighted by Gasteiger charge is -2.05. The van der Waals surface area contributed by atoms with Gasteiger partial charge >= 0.3 is 0 Å². The van der Waals surface area contributed by atoms with Gasteiger partial charge in [-0.1, -0.05) is 6.07 Å². The van der Waals surface area contributed by atoms with E-state index in [0.29, 0.717) is 16.8 Å². The van der Waals surface area contributed by atoms with Crippen molar-refractivity contribution in [3.63, 3.8) is 0 Å². The summed E-state index contributed by atoms with van der Waals surface area (Å²) >= 11 is 0.988. The number of aromatic nitrogens is 2. The fraction of sp³-hybridized carbons (Fsp3) is 0.0909. The maximum atomic E-state index is 12.2. The van der Waals surface area contributed by atoms with E-state index in [-0.39, 0.29) is 11.4 Å². The van der Waals surface area contributed by atoms with Crippen molar-refractivity contribution in [2.24, 2.45) is 0 Å². The molecule has 0 radical (unpaired) electrons. The summed E-state index contributed by atoms with van der Waals surface area (Å²) in [5.74, 6) is 0.548. The zero-order chi connectivity index (χ0) is 13.3. The number of fused-ring (bicyclic) bond motifs is 1. The molecule has 1 N–H and O–H groups in total. The van der Waals surface area contributed by atoms with Gasteiger partial charge in [-0.3, -0.25) is 0 Å². The minimum atomic E-state index is -3.64. The fourth-order valence-corrected chi connectivity index (χ4v) is 3.41. The van der Waals surface area contributed by atoms with Crippen molar-refractivity contribution in [2.45, 2.75) is 11.4 Å². The van der Waals surface area contributed by atoms with Crippen LogP contribution < -0.4 is 4.72 Å². The number of hydrogen-bond donors (Lipinski definition) is 1. The predicted molar refractivity (Wildman–Crippen MR) is 70.1 cm³/mol. The van der Waals surface area contributed by atoms with Crippen molar-refractivity contribution >= 4 is 32.8 Å². The molecule has 1 aromatic carbocycles. The molecule has 0 aliphatic heterocycles. The summed E-state index contributed by atoms with van der Waals surface area (Å²) < 4.78 is 40.0. The third-order valence-electron chi connectivity index (χ3n) is 2.56. The first-order valence-corrected chi connectivity index (χ1v) is 7.61. The molecule has 8 heteroatoms. The smallest absolute Gasteiger partial charge is 0.243 e. The molecule has 3 aromatic rings. The molecule has 0 aliphatic carbocycles. The van der Waals surface area contributed by atoms with Crippen molar-refractivity contribution in [1.82, 2.24) is 13.5 Å². The van der Waals surface area contributed by atoms with Gasteiger partial charge in [-0.15, -0.1) is 0 Å². The number of rotatable bonds is 4. The summed E-state index contributed by atoms with van der Waals surface area (Å²) in [5.41, 5.74) is 0.963. The topological polar surface area (TPSA) is 85.1 Å². The quantitative estimate of drug-likeness (QED) is 0.792. The van der Waals surface area contributed by atoms with E-state index in [1.165, 1.54) is 12.3 Å². The van der Waals surface area contributed by atoms with Crippen LogP contribution in [-0.2, 0) is 16.6 Å². The van der Waals surface area contributed by atoms with Gasteiger partial charge in [0.15, 0.2) is 0 Å². The second kappa shape index (κ2) is 4.72. The van der Waals surface area contributed by atoms with E-state index >= 15 is 0 Å². The van der Waals surface area contributed by atoms with Crippen molar-refractivity contribution in [1.29, 1.82) is 0 Å². The molecule has 0 unspecified atom stereocenters. The van der Waals surface area contributed by atoms with Crippen LogP contribution in [0.15, 0.2) is 45.9 Å². The first kappa shape index (κ1) is 12.3. The summed E-state index contributed by atoms with van der Waals surface area (Å²) in [5, 5.41) is 0. The predicted octanol–water partition coefficient (Wildman–Crippen LogP) is 1.76. The molecule has 0 fully saturated rings. The van der Waals surface area contributed by atoms with Crippen LogP contribution in [0.25, 0.3) is 11.0 Å². The normalized spacial score (nSPS) is 12.0. The molecule has 0 saturated carbocycles. The van der Waals surface area contributed by atoms with Crippen LogP contribution in [-0.4, -0.2) is 17.2 Å². The summed E-state index contributed by atoms with van der Waals surface area (Å²) in [6, 6.07) is 8.28. The maximum absolute atomic E-state index is 12.2. The van der Waals surface area contributed by atoms with Crippen molar-refractivity contribution in [3.8, 4) is 0 Å². The highest BCUT2D eigenvalue weighted by Gasteiger charge is 2.19. The average Bonchev–Trinajstić information content (AvgIpc) is 3.06. The first-order valence-electron chi connectivity index (χ1n) is 5.40. The molecule has 2 aromatic heterocycles. The van der Waals surface area contributed by atoms with Gasteiger partial charge in [-0.2, -0.15) is 8.75 Å². The molecule has 19 heavy (non-hydrogen) atoms. The van der Waals surface area contributed by atoms with Crippen LogP contribution >= 0.6 is 11.7 Å². The maximum Gasteiger partial charge on any atom is 0.243 e. The summed E-state index contributed by atoms with van der Waals surface area (Å²) in [6.07, 6.45) is 1.49. The molecule has 98 valence electrons. The van der Waals surface area contributed by atoms with E-state index in [9.17, 15) is 8.42 Å². The third kappa shape index (κ3) is 2.37. The van der Waals surface area contributed by atoms with Gasteiger partial charge in [0, 0.05) is 0 Å². The highest BCUT2D eigenvalue weighted by atomic mass is 32.2. The second-order valence-electron chi connectivity index (χ2n) is 3.79. The molecule has 3 rings (SSSR count). The Hall–Kier alpha value is -1.77. The number of nitrogens with one attached hydrogen (secondary N) is 1. The Kier molecular flexibility index (Phi) is 3.05. The largest absolute Gasteiger partial charge is 0.468 e. The van der Waals surface area contributed by atoms with E-state index in [2.05, 4.69) is 13.5 Å². The van der Waals surface area contributed by atoms with Crippen LogP contribution in [0.4, 0.5) is 0 Å². The standard InChI is InChI=1S/C11H9N3O3S2/c15-19(16,12-7-8-3-2-6-17-8)10-5-1-4-9-11(10)14-18-13-9/h1-6,12H,7H2. The van der Waals surface area contributed by atoms with Crippen LogP contribution in [0.1, 0.15) is 5.76 Å². The molecule has 0 aliphatic rings. The number of sulfonamides is 1. The SMILES string of the molecule is O=S(=O)(NCc1ccco1)c1cccc2nsnc12. The van der Waals surface area contributed by atoms with Crippen LogP contribution in [0.5, 0.6) is 0 Å². The molecule has 0 spiro atoms. The zero-order valence-electron chi connectivity index (χ0n) is 9.61. The second-order valence-corrected chi connectivity index (χ2v) is 6.06. The minimum absolute atomic E-state index is 0.100. The lowest BCUT2D eigenvalue weighted by atomic mass is 10.3. The van der Waals surface area contributed by atoms with Gasteiger partial charge < -0.3 is 4.42 Å². The number of benzene rings is 1. The van der Waals surface area contributed by atoms with Gasteiger partial charge in [0.05, 0.1) is 24.5 Å². The molecular weight excluding hydrogens is 286 g/mol. The monoisotopic (exact) mass is 295 g/mol. The van der Waals surface area contributed by atoms with Crippen molar-refractivity contribution in [3.05, 3.63) is 42.4 Å². The van der Waals surface area contributed by atoms with Crippen LogP contribution in [0, 0.1) is 0 Å². The van der Waals surface area contributed by atoms with Gasteiger partial charge in [-0.05, 0) is 24.3 Å². The molecule has 0 saturated heterocycles. The Morgan fingerprint density at radius 1 is 1.21 bits per heavy atom. The average molecular weight is 295 g/mol. The number of hydrogen-bond acceptors (Lipinski definition) is 6. The third-order valence-corrected chi connectivity index (χ3v) is 4.53. The molecule has 0 atom stereocenters. The molecule has 0 amide bonds. The zero-order valence-corrected chi connectivity index (χ0v) is 11.2. The van der Waals surface area contributed by atoms with Gasteiger partial charge in [0.25, 0.3) is 0 Å². The van der Waals surface area contributed by atoms with Gasteiger partial charge in [-0.25, -0.2) is 13.1 Å². The lowest BCUT2D eigenvalue weighted by molar-refractivity contribution is 0.499. The number of nitrogens with zero attached hydrogens (tertiary/aromatic N) is 2. The number of furan rings is 1.